The van der Waals surface area contributed by atoms with Gasteiger partial charge in [-0.05, 0) is 25.6 Å². The molecule has 22 heavy (non-hydrogen) atoms. The van der Waals surface area contributed by atoms with Gasteiger partial charge in [-0.25, -0.2) is 12.8 Å². The smallest absolute Gasteiger partial charge is 0.247 e. The van der Waals surface area contributed by atoms with Gasteiger partial charge in [0.1, 0.15) is 10.7 Å². The minimum atomic E-state index is -3.95. The van der Waals surface area contributed by atoms with Gasteiger partial charge in [0.2, 0.25) is 10.0 Å². The highest BCUT2D eigenvalue weighted by Crippen LogP contribution is 2.31. The van der Waals surface area contributed by atoms with E-state index in [1.807, 2.05) is 7.05 Å². The third kappa shape index (κ3) is 2.76. The number of halogens is 2. The highest BCUT2D eigenvalue weighted by Gasteiger charge is 2.41. The number of fused-ring (bicyclic) bond motifs is 1. The molecule has 0 spiro atoms. The lowest BCUT2D eigenvalue weighted by molar-refractivity contribution is -0.0840. The van der Waals surface area contributed by atoms with Crippen LogP contribution >= 0.6 is 11.6 Å². The molecule has 0 N–H and O–H groups in total. The molecule has 0 amide bonds. The summed E-state index contributed by atoms with van der Waals surface area (Å²) in [4.78, 5) is 1.66. The number of benzene rings is 1. The van der Waals surface area contributed by atoms with Crippen molar-refractivity contribution in [3.63, 3.8) is 0 Å². The van der Waals surface area contributed by atoms with Crippen molar-refractivity contribution in [3.8, 4) is 0 Å². The Morgan fingerprint density at radius 2 is 2.14 bits per heavy atom. The summed E-state index contributed by atoms with van der Waals surface area (Å²) in [5, 5.41) is -0.0876. The molecule has 0 bridgehead atoms. The van der Waals surface area contributed by atoms with E-state index in [9.17, 15) is 12.8 Å². The van der Waals surface area contributed by atoms with E-state index in [0.29, 0.717) is 19.6 Å². The van der Waals surface area contributed by atoms with Crippen LogP contribution < -0.4 is 0 Å². The number of morpholine rings is 1. The van der Waals surface area contributed by atoms with Crippen molar-refractivity contribution in [2.45, 2.75) is 23.5 Å². The molecule has 2 saturated heterocycles. The molecule has 1 aromatic carbocycles. The third-order valence-electron chi connectivity index (χ3n) is 4.34. The Bertz CT molecular complexity index is 650. The molecular weight excluding hydrogens is 331 g/mol. The highest BCUT2D eigenvalue weighted by molar-refractivity contribution is 7.89. The van der Waals surface area contributed by atoms with Crippen molar-refractivity contribution in [2.24, 2.45) is 0 Å². The first-order valence-electron chi connectivity index (χ1n) is 7.17. The van der Waals surface area contributed by atoms with Crippen LogP contribution in [0.2, 0.25) is 5.02 Å². The number of nitrogens with zero attached hydrogens (tertiary/aromatic N) is 2. The van der Waals surface area contributed by atoms with Crippen molar-refractivity contribution < 1.29 is 17.5 Å². The van der Waals surface area contributed by atoms with Crippen molar-refractivity contribution in [2.75, 3.05) is 33.3 Å². The van der Waals surface area contributed by atoms with E-state index in [1.165, 1.54) is 16.4 Å². The highest BCUT2D eigenvalue weighted by atomic mass is 35.5. The number of likely N-dealkylation sites (N-methyl/N-ethyl adjacent to an activating group) is 1. The first kappa shape index (κ1) is 16.1. The zero-order valence-electron chi connectivity index (χ0n) is 12.2. The number of ether oxygens (including phenoxy) is 1. The molecule has 0 unspecified atom stereocenters. The van der Waals surface area contributed by atoms with Crippen molar-refractivity contribution in [3.05, 3.63) is 29.0 Å². The number of piperidine rings is 1. The van der Waals surface area contributed by atoms with E-state index in [1.54, 1.807) is 0 Å². The Morgan fingerprint density at radius 3 is 2.86 bits per heavy atom. The van der Waals surface area contributed by atoms with Gasteiger partial charge in [0.15, 0.2) is 0 Å². The second-order valence-corrected chi connectivity index (χ2v) is 7.94. The summed E-state index contributed by atoms with van der Waals surface area (Å²) in [5.74, 6) is -0.817. The van der Waals surface area contributed by atoms with Crippen LogP contribution in [-0.2, 0) is 14.8 Å². The zero-order chi connectivity index (χ0) is 15.9. The average Bonchev–Trinajstić information content (AvgIpc) is 2.47. The number of hydrogen-bond donors (Lipinski definition) is 0. The van der Waals surface area contributed by atoms with Crippen molar-refractivity contribution in [1.82, 2.24) is 9.21 Å². The largest absolute Gasteiger partial charge is 0.375 e. The van der Waals surface area contributed by atoms with Gasteiger partial charge >= 0.3 is 0 Å². The maximum absolute atomic E-state index is 14.0. The van der Waals surface area contributed by atoms with Gasteiger partial charge in [0.05, 0.1) is 17.7 Å². The Kier molecular flexibility index (Phi) is 4.44. The second-order valence-electron chi connectivity index (χ2n) is 5.66. The number of sulfonamides is 1. The Hall–Kier alpha value is -0.730. The molecule has 2 aliphatic heterocycles. The maximum atomic E-state index is 14.0. The van der Waals surface area contributed by atoms with E-state index >= 15 is 0 Å². The van der Waals surface area contributed by atoms with Crippen LogP contribution in [-0.4, -0.2) is 63.1 Å². The first-order valence-corrected chi connectivity index (χ1v) is 8.99. The average molecular weight is 349 g/mol. The van der Waals surface area contributed by atoms with Gasteiger partial charge < -0.3 is 4.74 Å². The molecule has 2 atom stereocenters. The van der Waals surface area contributed by atoms with E-state index in [-0.39, 0.29) is 23.7 Å². The molecule has 0 saturated carbocycles. The fourth-order valence-corrected chi connectivity index (χ4v) is 5.13. The summed E-state index contributed by atoms with van der Waals surface area (Å²) in [7, 11) is -2.00. The lowest BCUT2D eigenvalue weighted by Crippen LogP contribution is -2.59. The fourth-order valence-electron chi connectivity index (χ4n) is 3.09. The monoisotopic (exact) mass is 348 g/mol. The predicted molar refractivity (Wildman–Crippen MR) is 80.9 cm³/mol. The molecule has 3 rings (SSSR count). The van der Waals surface area contributed by atoms with E-state index < -0.39 is 20.7 Å². The standard InChI is InChI=1S/C14H18ClFN2O3S/c1-17-7-8-21-13-5-6-18(9-12(13)17)22(19,20)14-10(15)3-2-4-11(14)16/h2-4,12-13H,5-9H2,1H3/t12-,13-/m1/s1. The van der Waals surface area contributed by atoms with Gasteiger partial charge in [-0.3, -0.25) is 4.90 Å². The van der Waals surface area contributed by atoms with E-state index in [2.05, 4.69) is 4.90 Å². The van der Waals surface area contributed by atoms with Crippen molar-refractivity contribution >= 4 is 21.6 Å². The molecular formula is C14H18ClFN2O3S. The Morgan fingerprint density at radius 1 is 1.36 bits per heavy atom. The van der Waals surface area contributed by atoms with Gasteiger partial charge in [0.25, 0.3) is 0 Å². The van der Waals surface area contributed by atoms with Gasteiger partial charge in [-0.2, -0.15) is 4.31 Å². The SMILES string of the molecule is CN1CCO[C@@H]2CCN(S(=O)(=O)c3c(F)cccc3Cl)C[C@H]21. The fraction of sp³-hybridized carbons (Fsp3) is 0.571. The van der Waals surface area contributed by atoms with Crippen LogP contribution in [0.1, 0.15) is 6.42 Å². The molecule has 2 heterocycles. The molecule has 2 fully saturated rings. The summed E-state index contributed by atoms with van der Waals surface area (Å²) in [6, 6.07) is 3.88. The molecule has 1 aromatic rings. The van der Waals surface area contributed by atoms with Gasteiger partial charge in [-0.1, -0.05) is 17.7 Å². The van der Waals surface area contributed by atoms with E-state index in [0.717, 1.165) is 12.6 Å². The van der Waals surface area contributed by atoms with Crippen LogP contribution in [0.5, 0.6) is 0 Å². The molecule has 0 radical (unpaired) electrons. The minimum Gasteiger partial charge on any atom is -0.375 e. The molecule has 5 nitrogen and oxygen atoms in total. The van der Waals surface area contributed by atoms with E-state index in [4.69, 9.17) is 16.3 Å². The van der Waals surface area contributed by atoms with Crippen LogP contribution in [0.25, 0.3) is 0 Å². The van der Waals surface area contributed by atoms with Crippen LogP contribution in [0, 0.1) is 5.82 Å². The van der Waals surface area contributed by atoms with Crippen LogP contribution in [0.4, 0.5) is 4.39 Å². The topological polar surface area (TPSA) is 49.9 Å². The lowest BCUT2D eigenvalue weighted by Gasteiger charge is -2.45. The number of hydrogen-bond acceptors (Lipinski definition) is 4. The zero-order valence-corrected chi connectivity index (χ0v) is 13.8. The second kappa shape index (κ2) is 6.05. The Labute approximate surface area is 134 Å². The molecule has 8 heteroatoms. The third-order valence-corrected chi connectivity index (χ3v) is 6.71. The summed E-state index contributed by atoms with van der Waals surface area (Å²) >= 11 is 5.92. The van der Waals surface area contributed by atoms with Crippen LogP contribution in [0.15, 0.2) is 23.1 Å². The Balaban J connectivity index is 1.90. The summed E-state index contributed by atoms with van der Waals surface area (Å²) < 4.78 is 46.5. The quantitative estimate of drug-likeness (QED) is 0.814. The molecule has 122 valence electrons. The maximum Gasteiger partial charge on any atom is 0.247 e. The lowest BCUT2D eigenvalue weighted by atomic mass is 10.0. The summed E-state index contributed by atoms with van der Waals surface area (Å²) in [6.07, 6.45) is 0.627. The normalized spacial score (nSPS) is 27.6. The summed E-state index contributed by atoms with van der Waals surface area (Å²) in [6.45, 7) is 2.01. The molecule has 0 aliphatic carbocycles. The first-order chi connectivity index (χ1) is 10.4. The molecule has 0 aromatic heterocycles. The minimum absolute atomic E-state index is 0.0113. The van der Waals surface area contributed by atoms with Gasteiger partial charge in [0, 0.05) is 25.7 Å². The van der Waals surface area contributed by atoms with Gasteiger partial charge in [-0.15, -0.1) is 0 Å². The van der Waals surface area contributed by atoms with Crippen LogP contribution in [0.3, 0.4) is 0 Å². The predicted octanol–water partition coefficient (Wildman–Crippen LogP) is 1.57. The number of rotatable bonds is 2. The molecule has 2 aliphatic rings. The summed E-state index contributed by atoms with van der Waals surface area (Å²) in [5.41, 5.74) is 0. The van der Waals surface area contributed by atoms with Crippen molar-refractivity contribution in [1.29, 1.82) is 0 Å².